The van der Waals surface area contributed by atoms with Crippen molar-refractivity contribution in [1.82, 2.24) is 9.88 Å². The van der Waals surface area contributed by atoms with Crippen LogP contribution < -0.4 is 19.7 Å². The lowest BCUT2D eigenvalue weighted by Crippen LogP contribution is -2.44. The fourth-order valence-corrected chi connectivity index (χ4v) is 11.0. The predicted octanol–water partition coefficient (Wildman–Crippen LogP) is 4.43. The predicted molar refractivity (Wildman–Crippen MR) is 166 cm³/mol. The molecule has 3 amide bonds. The third-order valence-electron chi connectivity index (χ3n) is 9.91. The van der Waals surface area contributed by atoms with E-state index in [1.165, 1.54) is 37.9 Å². The quantitative estimate of drug-likeness (QED) is 0.289. The Hall–Kier alpha value is -4.31. The Morgan fingerprint density at radius 2 is 1.79 bits per heavy atom. The van der Waals surface area contributed by atoms with Gasteiger partial charge in [0.2, 0.25) is 11.8 Å². The van der Waals surface area contributed by atoms with Crippen LogP contribution in [0.3, 0.4) is 0 Å². The number of ether oxygens (including phenoxy) is 2. The molecule has 8 atom stereocenters. The molecule has 2 saturated carbocycles. The maximum Gasteiger partial charge on any atom is 0.418 e. The number of nitrogens with one attached hydrogen (secondary N) is 2. The van der Waals surface area contributed by atoms with Gasteiger partial charge in [-0.1, -0.05) is 29.5 Å². The summed E-state index contributed by atoms with van der Waals surface area (Å²) in [5.74, 6) is -4.84. The zero-order valence-electron chi connectivity index (χ0n) is 25.3. The van der Waals surface area contributed by atoms with Crippen molar-refractivity contribution < 1.29 is 46.9 Å². The molecule has 48 heavy (non-hydrogen) atoms. The monoisotopic (exact) mass is 703 g/mol. The van der Waals surface area contributed by atoms with E-state index in [2.05, 4.69) is 10.3 Å². The van der Waals surface area contributed by atoms with E-state index in [0.29, 0.717) is 11.4 Å². The molecule has 3 heterocycles. The summed E-state index contributed by atoms with van der Waals surface area (Å²) in [4.78, 5) is 68.3. The number of carboxylic acid groups (broad SMARTS) is 1. The maximum absolute atomic E-state index is 13.6. The van der Waals surface area contributed by atoms with Gasteiger partial charge in [0, 0.05) is 16.0 Å². The molecule has 0 radical (unpaired) electrons. The van der Waals surface area contributed by atoms with Crippen molar-refractivity contribution in [3.8, 4) is 11.5 Å². The molecular formula is C32H28F3N3O8S2. The summed E-state index contributed by atoms with van der Waals surface area (Å²) in [6.07, 6.45) is -4.05. The number of carbonyl (C=O) groups excluding carboxylic acids is 3. The van der Waals surface area contributed by atoms with Crippen LogP contribution >= 0.6 is 23.1 Å². The molecule has 7 unspecified atom stereocenters. The van der Waals surface area contributed by atoms with Gasteiger partial charge >= 0.3 is 17.0 Å². The van der Waals surface area contributed by atoms with Gasteiger partial charge in [-0.2, -0.15) is 13.2 Å². The number of thiazole rings is 1. The van der Waals surface area contributed by atoms with Gasteiger partial charge in [-0.3, -0.25) is 24.1 Å². The van der Waals surface area contributed by atoms with E-state index in [1.54, 1.807) is 18.2 Å². The summed E-state index contributed by atoms with van der Waals surface area (Å²) >= 11 is 2.56. The fraction of sp³-hybridized carbons (Fsp3) is 0.406. The number of hydrogen-bond donors (Lipinski definition) is 3. The van der Waals surface area contributed by atoms with Crippen LogP contribution in [0, 0.1) is 29.6 Å². The standard InChI is InChI=1S/C32H28F3N3O8S2/c1-12(30(42)43)38-28(40)23-14-10-15(24(23)29(38)41)25-22(14)21(26-27(47-25)37-31(44)48-26)13-7-8-18(19(9-13)45-2)46-11-20(39)36-17-6-4-3-5-16(17)32(33,34)35/h3-9,12,14-15,21-25H,10-11H2,1-2H3,(H,36,39)(H,37,44)(H,42,43)/t12?,14?,15?,21-,22?,23?,24?,25?/m1/s1. The molecule has 0 spiro atoms. The first-order valence-electron chi connectivity index (χ1n) is 15.1. The summed E-state index contributed by atoms with van der Waals surface area (Å²) in [5, 5.41) is 12.4. The fourth-order valence-electron chi connectivity index (χ4n) is 8.07. The Morgan fingerprint density at radius 1 is 1.08 bits per heavy atom. The first-order valence-corrected chi connectivity index (χ1v) is 16.8. The van der Waals surface area contributed by atoms with Crippen LogP contribution in [0.1, 0.15) is 35.3 Å². The number of aliphatic carboxylic acids is 1. The molecule has 2 aromatic carbocycles. The van der Waals surface area contributed by atoms with Crippen molar-refractivity contribution in [2.75, 3.05) is 19.0 Å². The van der Waals surface area contributed by atoms with E-state index < -0.39 is 65.6 Å². The highest BCUT2D eigenvalue weighted by atomic mass is 32.2. The highest BCUT2D eigenvalue weighted by Gasteiger charge is 2.70. The molecular weight excluding hydrogens is 675 g/mol. The van der Waals surface area contributed by atoms with Crippen molar-refractivity contribution in [3.05, 3.63) is 68.1 Å². The molecule has 3 N–H and O–H groups in total. The highest BCUT2D eigenvalue weighted by Crippen LogP contribution is 2.68. The Labute approximate surface area is 278 Å². The minimum atomic E-state index is -4.66. The summed E-state index contributed by atoms with van der Waals surface area (Å²) in [7, 11) is 1.40. The first kappa shape index (κ1) is 32.2. The van der Waals surface area contributed by atoms with Gasteiger partial charge in [0.15, 0.2) is 18.1 Å². The number of hydrogen-bond acceptors (Lipinski definition) is 9. The van der Waals surface area contributed by atoms with Gasteiger partial charge in [0.05, 0.1) is 35.2 Å². The number of rotatable bonds is 8. The lowest BCUT2D eigenvalue weighted by Gasteiger charge is -2.43. The number of imide groups is 1. The number of H-pyrrole nitrogens is 1. The van der Waals surface area contributed by atoms with E-state index in [4.69, 9.17) is 9.47 Å². The van der Waals surface area contributed by atoms with E-state index in [-0.39, 0.29) is 45.3 Å². The van der Waals surface area contributed by atoms with Crippen molar-refractivity contribution in [2.45, 2.75) is 41.8 Å². The molecule has 2 aliphatic heterocycles. The molecule has 1 saturated heterocycles. The van der Waals surface area contributed by atoms with Crippen LogP contribution in [0.2, 0.25) is 0 Å². The molecule has 7 rings (SSSR count). The highest BCUT2D eigenvalue weighted by molar-refractivity contribution is 8.00. The smallest absolute Gasteiger partial charge is 0.418 e. The van der Waals surface area contributed by atoms with Gasteiger partial charge in [-0.05, 0) is 60.9 Å². The van der Waals surface area contributed by atoms with Crippen LogP contribution in [-0.4, -0.2) is 63.7 Å². The third-order valence-corrected chi connectivity index (χ3v) is 12.5. The van der Waals surface area contributed by atoms with E-state index >= 15 is 0 Å². The zero-order chi connectivity index (χ0) is 34.2. The largest absolute Gasteiger partial charge is 0.493 e. The number of fused-ring (bicyclic) bond motifs is 9. The van der Waals surface area contributed by atoms with Gasteiger partial charge < -0.3 is 24.9 Å². The Balaban J connectivity index is 1.16. The number of likely N-dealkylation sites (tertiary alicyclic amines) is 1. The van der Waals surface area contributed by atoms with Crippen LogP contribution in [0.4, 0.5) is 18.9 Å². The Bertz CT molecular complexity index is 1910. The van der Waals surface area contributed by atoms with E-state index in [0.717, 1.165) is 38.8 Å². The number of carboxylic acids is 1. The molecule has 3 aromatic rings. The number of anilines is 1. The van der Waals surface area contributed by atoms with Crippen LogP contribution in [0.25, 0.3) is 0 Å². The van der Waals surface area contributed by atoms with Gasteiger partial charge in [0.1, 0.15) is 6.04 Å². The normalized spacial score (nSPS) is 27.7. The Kier molecular flexibility index (Phi) is 7.85. The number of methoxy groups -OCH3 is 1. The number of amides is 3. The van der Waals surface area contributed by atoms with Crippen LogP contribution in [-0.2, 0) is 25.4 Å². The van der Waals surface area contributed by atoms with Gasteiger partial charge in [-0.15, -0.1) is 11.8 Å². The maximum atomic E-state index is 13.6. The molecule has 252 valence electrons. The average Bonchev–Trinajstić information content (AvgIpc) is 3.78. The summed E-state index contributed by atoms with van der Waals surface area (Å²) in [6.45, 7) is 0.722. The molecule has 2 bridgehead atoms. The minimum absolute atomic E-state index is 0.124. The van der Waals surface area contributed by atoms with Crippen LogP contribution in [0.5, 0.6) is 11.5 Å². The lowest BCUT2D eigenvalue weighted by molar-refractivity contribution is -0.154. The van der Waals surface area contributed by atoms with Crippen molar-refractivity contribution >= 4 is 52.5 Å². The van der Waals surface area contributed by atoms with E-state index in [9.17, 15) is 42.3 Å². The first-order chi connectivity index (χ1) is 22.8. The average molecular weight is 704 g/mol. The summed E-state index contributed by atoms with van der Waals surface area (Å²) in [6, 6.07) is 8.36. The topological polar surface area (TPSA) is 155 Å². The van der Waals surface area contributed by atoms with Gasteiger partial charge in [0.25, 0.3) is 5.91 Å². The number of aromatic nitrogens is 1. The van der Waals surface area contributed by atoms with E-state index in [1.807, 2.05) is 0 Å². The van der Waals surface area contributed by atoms with Crippen molar-refractivity contribution in [3.63, 3.8) is 0 Å². The number of nitrogens with zero attached hydrogens (tertiary/aromatic N) is 1. The zero-order valence-corrected chi connectivity index (χ0v) is 26.9. The number of carbonyl (C=O) groups is 4. The number of thioether (sulfide) groups is 1. The second-order valence-corrected chi connectivity index (χ2v) is 14.5. The van der Waals surface area contributed by atoms with Crippen molar-refractivity contribution in [1.29, 1.82) is 0 Å². The number of alkyl halides is 3. The Morgan fingerprint density at radius 3 is 2.48 bits per heavy atom. The second-order valence-electron chi connectivity index (χ2n) is 12.3. The lowest BCUT2D eigenvalue weighted by atomic mass is 9.68. The molecule has 1 aromatic heterocycles. The molecule has 16 heteroatoms. The third kappa shape index (κ3) is 5.07. The number of aromatic amines is 1. The van der Waals surface area contributed by atoms with Crippen LogP contribution in [0.15, 0.2) is 52.3 Å². The molecule has 3 fully saturated rings. The molecule has 11 nitrogen and oxygen atoms in total. The summed E-state index contributed by atoms with van der Waals surface area (Å²) < 4.78 is 51.4. The SMILES string of the molecule is COc1cc([C@H]2c3sc(=O)[nH]c3SC3C4CC(C5C(=O)N(C(C)C(=O)O)C(=O)C45)C32)ccc1OCC(=O)Nc1ccccc1C(F)(F)F. The molecule has 2 aliphatic carbocycles. The number of benzene rings is 2. The second kappa shape index (κ2) is 11.7. The molecule has 4 aliphatic rings. The number of para-hydroxylation sites is 1. The van der Waals surface area contributed by atoms with Gasteiger partial charge in [-0.25, -0.2) is 4.79 Å². The minimum Gasteiger partial charge on any atom is -0.493 e. The number of halogens is 3. The summed E-state index contributed by atoms with van der Waals surface area (Å²) in [5.41, 5.74) is -0.649. The van der Waals surface area contributed by atoms with Crippen molar-refractivity contribution in [2.24, 2.45) is 29.6 Å².